The minimum absolute atomic E-state index is 0.104. The molecule has 0 amide bonds. The summed E-state index contributed by atoms with van der Waals surface area (Å²) in [6.45, 7) is 2.63. The van der Waals surface area contributed by atoms with Gasteiger partial charge in [0.15, 0.2) is 0 Å². The van der Waals surface area contributed by atoms with Crippen molar-refractivity contribution in [3.8, 4) is 0 Å². The third-order valence-corrected chi connectivity index (χ3v) is 5.06. The van der Waals surface area contributed by atoms with Crippen LogP contribution in [0.25, 0.3) is 0 Å². The van der Waals surface area contributed by atoms with Crippen LogP contribution in [-0.4, -0.2) is 19.9 Å². The number of pyridine rings is 1. The Hall–Kier alpha value is -1.14. The number of rotatable bonds is 4. The van der Waals surface area contributed by atoms with Crippen LogP contribution in [0.3, 0.4) is 0 Å². The first-order valence-electron chi connectivity index (χ1n) is 6.17. The first kappa shape index (κ1) is 13.3. The Labute approximate surface area is 107 Å². The molecule has 0 aliphatic heterocycles. The van der Waals surface area contributed by atoms with Gasteiger partial charge in [0.05, 0.1) is 4.90 Å². The Balaban J connectivity index is 2.03. The Morgan fingerprint density at radius 2 is 2.17 bits per heavy atom. The van der Waals surface area contributed by atoms with Crippen LogP contribution in [0.1, 0.15) is 26.2 Å². The van der Waals surface area contributed by atoms with E-state index in [0.717, 1.165) is 6.42 Å². The van der Waals surface area contributed by atoms with Crippen LogP contribution in [0.4, 0.5) is 0 Å². The van der Waals surface area contributed by atoms with Gasteiger partial charge in [-0.15, -0.1) is 0 Å². The number of nitrogens with one attached hydrogen (secondary N) is 2. The van der Waals surface area contributed by atoms with E-state index < -0.39 is 10.0 Å². The van der Waals surface area contributed by atoms with Crippen molar-refractivity contribution in [1.29, 1.82) is 0 Å². The van der Waals surface area contributed by atoms with Crippen molar-refractivity contribution in [1.82, 2.24) is 9.71 Å². The average Bonchev–Trinajstić information content (AvgIpc) is 2.73. The molecule has 1 fully saturated rings. The lowest BCUT2D eigenvalue weighted by Gasteiger charge is -2.15. The van der Waals surface area contributed by atoms with Gasteiger partial charge in [0.25, 0.3) is 0 Å². The molecule has 0 spiro atoms. The lowest BCUT2D eigenvalue weighted by molar-refractivity contribution is 0.414. The second-order valence-corrected chi connectivity index (χ2v) is 6.68. The number of hydrogen-bond donors (Lipinski definition) is 2. The molecule has 1 heterocycles. The van der Waals surface area contributed by atoms with Gasteiger partial charge in [-0.2, -0.15) is 0 Å². The zero-order chi connectivity index (χ0) is 13.2. The van der Waals surface area contributed by atoms with Crippen LogP contribution in [0.15, 0.2) is 28.0 Å². The zero-order valence-electron chi connectivity index (χ0n) is 10.3. The molecule has 0 aromatic carbocycles. The van der Waals surface area contributed by atoms with Crippen LogP contribution >= 0.6 is 0 Å². The highest BCUT2D eigenvalue weighted by Gasteiger charge is 2.25. The maximum Gasteiger partial charge on any atom is 0.247 e. The van der Waals surface area contributed by atoms with Crippen molar-refractivity contribution in [3.05, 3.63) is 28.7 Å². The Bertz CT molecular complexity index is 544. The van der Waals surface area contributed by atoms with Crippen LogP contribution in [0, 0.1) is 11.8 Å². The molecular weight excluding hydrogens is 252 g/mol. The van der Waals surface area contributed by atoms with E-state index in [1.165, 1.54) is 31.2 Å². The van der Waals surface area contributed by atoms with Crippen LogP contribution in [0.5, 0.6) is 0 Å². The highest BCUT2D eigenvalue weighted by Crippen LogP contribution is 2.30. The lowest BCUT2D eigenvalue weighted by Crippen LogP contribution is -2.30. The summed E-state index contributed by atoms with van der Waals surface area (Å²) in [5.74, 6) is 0.991. The highest BCUT2D eigenvalue weighted by molar-refractivity contribution is 7.89. The van der Waals surface area contributed by atoms with Gasteiger partial charge in [0.1, 0.15) is 0 Å². The van der Waals surface area contributed by atoms with Crippen molar-refractivity contribution in [2.24, 2.45) is 11.8 Å². The van der Waals surface area contributed by atoms with Crippen molar-refractivity contribution in [2.45, 2.75) is 31.1 Å². The summed E-state index contributed by atoms with van der Waals surface area (Å²) < 4.78 is 26.6. The molecule has 0 saturated heterocycles. The number of H-pyrrole nitrogens is 1. The molecular formula is C12H18N2O3S. The van der Waals surface area contributed by atoms with E-state index in [-0.39, 0.29) is 10.5 Å². The molecule has 2 unspecified atom stereocenters. The van der Waals surface area contributed by atoms with Gasteiger partial charge < -0.3 is 4.98 Å². The Kier molecular flexibility index (Phi) is 3.87. The number of aromatic nitrogens is 1. The minimum atomic E-state index is -3.51. The van der Waals surface area contributed by atoms with Gasteiger partial charge in [-0.05, 0) is 24.3 Å². The van der Waals surface area contributed by atoms with E-state index in [1.54, 1.807) is 0 Å². The van der Waals surface area contributed by atoms with Crippen LogP contribution in [0.2, 0.25) is 0 Å². The van der Waals surface area contributed by atoms with Gasteiger partial charge in [-0.3, -0.25) is 4.79 Å². The van der Waals surface area contributed by atoms with Gasteiger partial charge in [0.2, 0.25) is 15.6 Å². The topological polar surface area (TPSA) is 79.0 Å². The SMILES string of the molecule is CC1CCCC1CNS(=O)(=O)c1ccc(=O)[nH]c1. The maximum absolute atomic E-state index is 12.0. The van der Waals surface area contributed by atoms with Gasteiger partial charge in [0, 0.05) is 18.8 Å². The molecule has 2 atom stereocenters. The monoisotopic (exact) mass is 270 g/mol. The fraction of sp³-hybridized carbons (Fsp3) is 0.583. The minimum Gasteiger partial charge on any atom is -0.328 e. The Morgan fingerprint density at radius 3 is 2.72 bits per heavy atom. The summed E-state index contributed by atoms with van der Waals surface area (Å²) in [7, 11) is -3.51. The predicted octanol–water partition coefficient (Wildman–Crippen LogP) is 1.09. The third kappa shape index (κ3) is 3.00. The summed E-state index contributed by atoms with van der Waals surface area (Å²) in [5.41, 5.74) is -0.307. The summed E-state index contributed by atoms with van der Waals surface area (Å²) in [4.78, 5) is 13.4. The third-order valence-electron chi connectivity index (χ3n) is 3.64. The van der Waals surface area contributed by atoms with E-state index in [4.69, 9.17) is 0 Å². The lowest BCUT2D eigenvalue weighted by atomic mass is 9.99. The number of aromatic amines is 1. The number of sulfonamides is 1. The van der Waals surface area contributed by atoms with Crippen molar-refractivity contribution >= 4 is 10.0 Å². The van der Waals surface area contributed by atoms with Crippen molar-refractivity contribution < 1.29 is 8.42 Å². The normalized spacial score (nSPS) is 24.3. The molecule has 1 saturated carbocycles. The molecule has 2 rings (SSSR count). The molecule has 1 aromatic heterocycles. The predicted molar refractivity (Wildman–Crippen MR) is 68.8 cm³/mol. The summed E-state index contributed by atoms with van der Waals surface area (Å²) in [6.07, 6.45) is 4.65. The fourth-order valence-corrected chi connectivity index (χ4v) is 3.45. The average molecular weight is 270 g/mol. The molecule has 6 heteroatoms. The smallest absolute Gasteiger partial charge is 0.247 e. The zero-order valence-corrected chi connectivity index (χ0v) is 11.2. The van der Waals surface area contributed by atoms with Crippen LogP contribution in [-0.2, 0) is 10.0 Å². The second-order valence-electron chi connectivity index (χ2n) is 4.91. The van der Waals surface area contributed by atoms with E-state index >= 15 is 0 Å². The quantitative estimate of drug-likeness (QED) is 0.859. The molecule has 1 aliphatic carbocycles. The molecule has 0 radical (unpaired) electrons. The van der Waals surface area contributed by atoms with Gasteiger partial charge >= 0.3 is 0 Å². The summed E-state index contributed by atoms with van der Waals surface area (Å²) >= 11 is 0. The van der Waals surface area contributed by atoms with Crippen LogP contribution < -0.4 is 10.3 Å². The van der Waals surface area contributed by atoms with E-state index in [9.17, 15) is 13.2 Å². The fourth-order valence-electron chi connectivity index (χ4n) is 2.39. The summed E-state index contributed by atoms with van der Waals surface area (Å²) in [6, 6.07) is 2.53. The van der Waals surface area contributed by atoms with E-state index in [1.807, 2.05) is 0 Å². The molecule has 1 aliphatic rings. The first-order valence-corrected chi connectivity index (χ1v) is 7.66. The molecule has 0 bridgehead atoms. The summed E-state index contributed by atoms with van der Waals surface area (Å²) in [5, 5.41) is 0. The second kappa shape index (κ2) is 5.24. The van der Waals surface area contributed by atoms with E-state index in [0.29, 0.717) is 18.4 Å². The molecule has 1 aromatic rings. The number of hydrogen-bond acceptors (Lipinski definition) is 3. The largest absolute Gasteiger partial charge is 0.328 e. The molecule has 100 valence electrons. The van der Waals surface area contributed by atoms with Gasteiger partial charge in [-0.1, -0.05) is 19.8 Å². The molecule has 5 nitrogen and oxygen atoms in total. The van der Waals surface area contributed by atoms with Crippen molar-refractivity contribution in [2.75, 3.05) is 6.54 Å². The maximum atomic E-state index is 12.0. The van der Waals surface area contributed by atoms with E-state index in [2.05, 4.69) is 16.6 Å². The standard InChI is InChI=1S/C12H18N2O3S/c1-9-3-2-4-10(9)7-14-18(16,17)11-5-6-12(15)13-8-11/h5-6,8-10,14H,2-4,7H2,1H3,(H,13,15). The Morgan fingerprint density at radius 1 is 1.39 bits per heavy atom. The highest BCUT2D eigenvalue weighted by atomic mass is 32.2. The molecule has 18 heavy (non-hydrogen) atoms. The molecule has 2 N–H and O–H groups in total. The van der Waals surface area contributed by atoms with Gasteiger partial charge in [-0.25, -0.2) is 13.1 Å². The van der Waals surface area contributed by atoms with Crippen molar-refractivity contribution in [3.63, 3.8) is 0 Å². The first-order chi connectivity index (χ1) is 8.49.